The number of benzene rings is 1. The predicted molar refractivity (Wildman–Crippen MR) is 86.5 cm³/mol. The Morgan fingerprint density at radius 2 is 1.96 bits per heavy atom. The molecular weight excluding hydrogens is 325 g/mol. The maximum absolute atomic E-state index is 13.0. The summed E-state index contributed by atoms with van der Waals surface area (Å²) in [6, 6.07) is 5.72. The van der Waals surface area contributed by atoms with Crippen molar-refractivity contribution in [2.45, 2.75) is 37.8 Å². The molecule has 25 heavy (non-hydrogen) atoms. The second-order valence-electron chi connectivity index (χ2n) is 6.45. The highest BCUT2D eigenvalue weighted by atomic mass is 19.1. The van der Waals surface area contributed by atoms with Crippen LogP contribution in [0.1, 0.15) is 36.2 Å². The highest BCUT2D eigenvalue weighted by Crippen LogP contribution is 2.26. The zero-order chi connectivity index (χ0) is 17.4. The number of fused-ring (bicyclic) bond motifs is 1. The average molecular weight is 343 g/mol. The normalized spacial score (nSPS) is 23.1. The number of rotatable bonds is 2. The number of amides is 2. The Balaban J connectivity index is 1.58. The maximum atomic E-state index is 13.0. The molecule has 1 aliphatic heterocycles. The first kappa shape index (κ1) is 15.7. The number of piperazine rings is 1. The summed E-state index contributed by atoms with van der Waals surface area (Å²) in [7, 11) is 0. The quantitative estimate of drug-likeness (QED) is 0.891. The molecule has 0 bridgehead atoms. The molecule has 7 nitrogen and oxygen atoms in total. The first-order valence-electron chi connectivity index (χ1n) is 8.40. The Bertz CT molecular complexity index is 804. The first-order chi connectivity index (χ1) is 12.1. The molecular formula is C17H18FN5O2. The van der Waals surface area contributed by atoms with Gasteiger partial charge in [0.05, 0.1) is 17.9 Å². The minimum absolute atomic E-state index is 0.00919. The van der Waals surface area contributed by atoms with Crippen molar-refractivity contribution in [1.29, 1.82) is 0 Å². The van der Waals surface area contributed by atoms with Gasteiger partial charge >= 0.3 is 0 Å². The largest absolute Gasteiger partial charge is 0.350 e. The van der Waals surface area contributed by atoms with Crippen LogP contribution in [0.15, 0.2) is 30.5 Å². The van der Waals surface area contributed by atoms with Gasteiger partial charge in [0, 0.05) is 6.04 Å². The van der Waals surface area contributed by atoms with Gasteiger partial charge < -0.3 is 10.2 Å². The van der Waals surface area contributed by atoms with Crippen LogP contribution in [0, 0.1) is 5.82 Å². The van der Waals surface area contributed by atoms with Gasteiger partial charge in [-0.05, 0) is 37.1 Å². The fraction of sp³-hybridized carbons (Fsp3) is 0.412. The van der Waals surface area contributed by atoms with Gasteiger partial charge in [0.15, 0.2) is 5.69 Å². The number of aromatic nitrogens is 3. The number of nitrogens with one attached hydrogen (secondary N) is 1. The van der Waals surface area contributed by atoms with Gasteiger partial charge in [-0.3, -0.25) is 9.59 Å². The van der Waals surface area contributed by atoms with E-state index in [4.69, 9.17) is 0 Å². The summed E-state index contributed by atoms with van der Waals surface area (Å²) < 4.78 is 13.0. The van der Waals surface area contributed by atoms with Crippen LogP contribution in [0.4, 0.5) is 4.39 Å². The van der Waals surface area contributed by atoms with Crippen molar-refractivity contribution in [3.8, 4) is 5.69 Å². The monoisotopic (exact) mass is 343 g/mol. The lowest BCUT2D eigenvalue weighted by atomic mass is 9.87. The van der Waals surface area contributed by atoms with Gasteiger partial charge in [-0.2, -0.15) is 9.90 Å². The van der Waals surface area contributed by atoms with Crippen LogP contribution < -0.4 is 5.32 Å². The number of hydrogen-bond acceptors (Lipinski definition) is 4. The van der Waals surface area contributed by atoms with Crippen LogP contribution in [0.5, 0.6) is 0 Å². The van der Waals surface area contributed by atoms with Gasteiger partial charge in [0.2, 0.25) is 5.91 Å². The van der Waals surface area contributed by atoms with Crippen molar-refractivity contribution in [3.63, 3.8) is 0 Å². The first-order valence-corrected chi connectivity index (χ1v) is 8.40. The number of carbonyl (C=O) groups is 2. The maximum Gasteiger partial charge on any atom is 0.276 e. The van der Waals surface area contributed by atoms with Gasteiger partial charge in [-0.25, -0.2) is 4.39 Å². The molecule has 0 radical (unpaired) electrons. The van der Waals surface area contributed by atoms with E-state index in [1.807, 2.05) is 0 Å². The molecule has 1 saturated heterocycles. The fourth-order valence-electron chi connectivity index (χ4n) is 3.61. The van der Waals surface area contributed by atoms with Crippen LogP contribution in [-0.2, 0) is 4.79 Å². The van der Waals surface area contributed by atoms with E-state index in [0.717, 1.165) is 25.7 Å². The Morgan fingerprint density at radius 1 is 1.20 bits per heavy atom. The van der Waals surface area contributed by atoms with E-state index in [0.29, 0.717) is 5.69 Å². The number of carbonyl (C=O) groups excluding carboxylic acids is 2. The third-order valence-corrected chi connectivity index (χ3v) is 4.82. The molecule has 2 unspecified atom stereocenters. The van der Waals surface area contributed by atoms with Gasteiger partial charge in [-0.15, -0.1) is 5.10 Å². The lowest BCUT2D eigenvalue weighted by Gasteiger charge is -2.43. The molecule has 2 fully saturated rings. The van der Waals surface area contributed by atoms with Crippen LogP contribution >= 0.6 is 0 Å². The predicted octanol–water partition coefficient (Wildman–Crippen LogP) is 1.29. The average Bonchev–Trinajstić information content (AvgIpc) is 3.11. The molecule has 8 heteroatoms. The fourth-order valence-corrected chi connectivity index (χ4v) is 3.61. The van der Waals surface area contributed by atoms with Crippen LogP contribution in [0.2, 0.25) is 0 Å². The van der Waals surface area contributed by atoms with Gasteiger partial charge in [0.1, 0.15) is 12.4 Å². The summed E-state index contributed by atoms with van der Waals surface area (Å²) in [5, 5.41) is 11.3. The Kier molecular flexibility index (Phi) is 3.95. The Labute approximate surface area is 143 Å². The molecule has 1 aliphatic carbocycles. The molecule has 2 amide bonds. The number of halogens is 1. The van der Waals surface area contributed by atoms with Crippen molar-refractivity contribution in [2.75, 3.05) is 6.54 Å². The summed E-state index contributed by atoms with van der Waals surface area (Å²) in [5.41, 5.74) is 0.746. The molecule has 1 aromatic carbocycles. The van der Waals surface area contributed by atoms with E-state index in [1.165, 1.54) is 35.3 Å². The third kappa shape index (κ3) is 2.99. The SMILES string of the molecule is O=C1CN(C(=O)c2cnn(-c3ccc(F)cc3)n2)C2CCCCC2N1. The molecule has 2 aromatic rings. The highest BCUT2D eigenvalue weighted by Gasteiger charge is 2.39. The van der Waals surface area contributed by atoms with E-state index in [2.05, 4.69) is 15.5 Å². The molecule has 1 aromatic heterocycles. The molecule has 4 rings (SSSR count). The van der Waals surface area contributed by atoms with Crippen LogP contribution in [0.25, 0.3) is 5.69 Å². The minimum Gasteiger partial charge on any atom is -0.350 e. The van der Waals surface area contributed by atoms with Crippen LogP contribution in [-0.4, -0.2) is 50.3 Å². The zero-order valence-corrected chi connectivity index (χ0v) is 13.6. The number of hydrogen-bond donors (Lipinski definition) is 1. The summed E-state index contributed by atoms with van der Waals surface area (Å²) in [5.74, 6) is -0.780. The molecule has 2 aliphatic rings. The summed E-state index contributed by atoms with van der Waals surface area (Å²) >= 11 is 0. The van der Waals surface area contributed by atoms with Crippen molar-refractivity contribution < 1.29 is 14.0 Å². The van der Waals surface area contributed by atoms with Crippen LogP contribution in [0.3, 0.4) is 0 Å². The highest BCUT2D eigenvalue weighted by molar-refractivity contribution is 5.95. The minimum atomic E-state index is -0.352. The van der Waals surface area contributed by atoms with Crippen molar-refractivity contribution in [2.24, 2.45) is 0 Å². The zero-order valence-electron chi connectivity index (χ0n) is 13.6. The van der Waals surface area contributed by atoms with Gasteiger partial charge in [0.25, 0.3) is 5.91 Å². The molecule has 1 N–H and O–H groups in total. The topological polar surface area (TPSA) is 80.1 Å². The molecule has 130 valence electrons. The third-order valence-electron chi connectivity index (χ3n) is 4.82. The second kappa shape index (κ2) is 6.27. The summed E-state index contributed by atoms with van der Waals surface area (Å²) in [6.45, 7) is 0.0450. The smallest absolute Gasteiger partial charge is 0.276 e. The summed E-state index contributed by atoms with van der Waals surface area (Å²) in [6.07, 6.45) is 5.26. The standard InChI is InChI=1S/C17H18FN5O2/c18-11-5-7-12(8-6-11)23-19-9-14(21-23)17(25)22-10-16(24)20-13-3-1-2-4-15(13)22/h5-9,13,15H,1-4,10H2,(H,20,24). The summed E-state index contributed by atoms with van der Waals surface area (Å²) in [4.78, 5) is 27.7. The molecule has 2 heterocycles. The van der Waals surface area contributed by atoms with Gasteiger partial charge in [-0.1, -0.05) is 12.8 Å². The molecule has 2 atom stereocenters. The Morgan fingerprint density at radius 3 is 2.76 bits per heavy atom. The van der Waals surface area contributed by atoms with E-state index < -0.39 is 0 Å². The van der Waals surface area contributed by atoms with E-state index in [-0.39, 0.29) is 42.0 Å². The van der Waals surface area contributed by atoms with Crippen molar-refractivity contribution in [1.82, 2.24) is 25.2 Å². The van der Waals surface area contributed by atoms with E-state index >= 15 is 0 Å². The van der Waals surface area contributed by atoms with E-state index in [1.54, 1.807) is 4.90 Å². The lowest BCUT2D eigenvalue weighted by molar-refractivity contribution is -0.127. The second-order valence-corrected chi connectivity index (χ2v) is 6.45. The Hall–Kier alpha value is -2.77. The van der Waals surface area contributed by atoms with Crippen molar-refractivity contribution in [3.05, 3.63) is 42.0 Å². The number of nitrogens with zero attached hydrogens (tertiary/aromatic N) is 4. The lowest BCUT2D eigenvalue weighted by Crippen LogP contribution is -2.62. The van der Waals surface area contributed by atoms with Crippen molar-refractivity contribution >= 4 is 11.8 Å². The molecule has 1 saturated carbocycles. The van der Waals surface area contributed by atoms with E-state index in [9.17, 15) is 14.0 Å². The molecule has 0 spiro atoms.